The maximum atomic E-state index is 9.42. The van der Waals surface area contributed by atoms with Crippen LogP contribution in [0, 0.1) is 6.92 Å². The quantitative estimate of drug-likeness (QED) is 0.793. The summed E-state index contributed by atoms with van der Waals surface area (Å²) in [6.07, 6.45) is 1.80. The lowest BCUT2D eigenvalue weighted by atomic mass is 10.1. The molecule has 0 aliphatic heterocycles. The van der Waals surface area contributed by atoms with Gasteiger partial charge in [-0.25, -0.2) is 0 Å². The average molecular weight is 279 g/mol. The summed E-state index contributed by atoms with van der Waals surface area (Å²) < 4.78 is 5.97. The normalized spacial score (nSPS) is 10.8. The first-order chi connectivity index (χ1) is 10.3. The number of aliphatic hydroxyl groups is 1. The Morgan fingerprint density at radius 1 is 1.00 bits per heavy atom. The highest BCUT2D eigenvalue weighted by molar-refractivity contribution is 5.81. The highest BCUT2D eigenvalue weighted by Gasteiger charge is 2.08. The van der Waals surface area contributed by atoms with Gasteiger partial charge in [-0.1, -0.05) is 36.4 Å². The summed E-state index contributed by atoms with van der Waals surface area (Å²) in [5.74, 6) is 0.765. The van der Waals surface area contributed by atoms with Crippen molar-refractivity contribution in [3.05, 3.63) is 71.4 Å². The summed E-state index contributed by atoms with van der Waals surface area (Å²) in [5.41, 5.74) is 3.90. The molecule has 21 heavy (non-hydrogen) atoms. The zero-order valence-corrected chi connectivity index (χ0v) is 11.9. The maximum absolute atomic E-state index is 9.42. The number of rotatable bonds is 4. The molecule has 1 aromatic heterocycles. The van der Waals surface area contributed by atoms with Crippen molar-refractivity contribution in [2.45, 2.75) is 20.1 Å². The predicted octanol–water partition coefficient (Wildman–Crippen LogP) is 3.61. The van der Waals surface area contributed by atoms with Crippen LogP contribution < -0.4 is 4.74 Å². The third kappa shape index (κ3) is 2.73. The van der Waals surface area contributed by atoms with Gasteiger partial charge < -0.3 is 9.84 Å². The molecular formula is C18H17NO2. The van der Waals surface area contributed by atoms with E-state index in [1.165, 1.54) is 0 Å². The number of aromatic nitrogens is 1. The van der Waals surface area contributed by atoms with Crippen LogP contribution in [0.3, 0.4) is 0 Å². The highest BCUT2D eigenvalue weighted by atomic mass is 16.5. The van der Waals surface area contributed by atoms with E-state index in [0.29, 0.717) is 6.61 Å². The van der Waals surface area contributed by atoms with Gasteiger partial charge in [-0.15, -0.1) is 0 Å². The Balaban J connectivity index is 1.91. The van der Waals surface area contributed by atoms with Gasteiger partial charge in [0, 0.05) is 22.7 Å². The lowest BCUT2D eigenvalue weighted by Crippen LogP contribution is -2.01. The second kappa shape index (κ2) is 5.94. The number of ether oxygens (including phenoxy) is 1. The van der Waals surface area contributed by atoms with Gasteiger partial charge in [0.25, 0.3) is 0 Å². The number of benzene rings is 2. The molecule has 1 N–H and O–H groups in total. The molecule has 2 aromatic carbocycles. The lowest BCUT2D eigenvalue weighted by Gasteiger charge is -2.14. The standard InChI is InChI=1S/C18H17NO2/c1-13-5-4-6-14(11-20)18(13)21-12-15-9-10-19-17-8-3-2-7-16(15)17/h2-10,20H,11-12H2,1H3. The average Bonchev–Trinajstić information content (AvgIpc) is 2.53. The lowest BCUT2D eigenvalue weighted by molar-refractivity contribution is 0.258. The molecule has 0 saturated carbocycles. The molecule has 106 valence electrons. The van der Waals surface area contributed by atoms with E-state index < -0.39 is 0 Å². The van der Waals surface area contributed by atoms with E-state index in [9.17, 15) is 5.11 Å². The molecule has 3 heteroatoms. The monoisotopic (exact) mass is 279 g/mol. The molecule has 0 fully saturated rings. The van der Waals surface area contributed by atoms with Crippen LogP contribution >= 0.6 is 0 Å². The van der Waals surface area contributed by atoms with Crippen LogP contribution in [-0.4, -0.2) is 10.1 Å². The summed E-state index contributed by atoms with van der Waals surface area (Å²) in [5, 5.41) is 10.5. The van der Waals surface area contributed by atoms with Crippen molar-refractivity contribution in [1.82, 2.24) is 4.98 Å². The van der Waals surface area contributed by atoms with Crippen LogP contribution in [0.4, 0.5) is 0 Å². The Labute approximate surface area is 123 Å². The van der Waals surface area contributed by atoms with Gasteiger partial charge in [0.1, 0.15) is 12.4 Å². The molecule has 3 aromatic rings. The van der Waals surface area contributed by atoms with E-state index in [0.717, 1.165) is 33.3 Å². The summed E-state index contributed by atoms with van der Waals surface area (Å²) in [4.78, 5) is 4.35. The van der Waals surface area contributed by atoms with Gasteiger partial charge in [-0.05, 0) is 24.6 Å². The first-order valence-electron chi connectivity index (χ1n) is 6.94. The van der Waals surface area contributed by atoms with Gasteiger partial charge in [0.15, 0.2) is 0 Å². The number of hydrogen-bond donors (Lipinski definition) is 1. The van der Waals surface area contributed by atoms with Crippen LogP contribution in [0.25, 0.3) is 10.9 Å². The minimum absolute atomic E-state index is 0.0197. The van der Waals surface area contributed by atoms with Crippen molar-refractivity contribution in [2.75, 3.05) is 0 Å². The maximum Gasteiger partial charge on any atom is 0.128 e. The topological polar surface area (TPSA) is 42.4 Å². The largest absolute Gasteiger partial charge is 0.488 e. The predicted molar refractivity (Wildman–Crippen MR) is 83.2 cm³/mol. The fourth-order valence-corrected chi connectivity index (χ4v) is 2.48. The van der Waals surface area contributed by atoms with Crippen molar-refractivity contribution in [1.29, 1.82) is 0 Å². The van der Waals surface area contributed by atoms with Crippen molar-refractivity contribution in [3.8, 4) is 5.75 Å². The fourth-order valence-electron chi connectivity index (χ4n) is 2.48. The number of nitrogens with zero attached hydrogens (tertiary/aromatic N) is 1. The Morgan fingerprint density at radius 3 is 2.71 bits per heavy atom. The summed E-state index contributed by atoms with van der Waals surface area (Å²) in [7, 11) is 0. The number of aliphatic hydroxyl groups excluding tert-OH is 1. The minimum Gasteiger partial charge on any atom is -0.488 e. The third-order valence-electron chi connectivity index (χ3n) is 3.58. The number of para-hydroxylation sites is 2. The molecule has 0 unspecified atom stereocenters. The molecule has 0 bridgehead atoms. The molecule has 0 aliphatic carbocycles. The van der Waals surface area contributed by atoms with E-state index in [4.69, 9.17) is 4.74 Å². The van der Waals surface area contributed by atoms with E-state index in [1.807, 2.05) is 55.5 Å². The van der Waals surface area contributed by atoms with Crippen LogP contribution in [0.5, 0.6) is 5.75 Å². The second-order valence-electron chi connectivity index (χ2n) is 5.00. The molecular weight excluding hydrogens is 262 g/mol. The number of fused-ring (bicyclic) bond motifs is 1. The van der Waals surface area contributed by atoms with Gasteiger partial charge in [0.05, 0.1) is 12.1 Å². The molecule has 1 heterocycles. The zero-order valence-electron chi connectivity index (χ0n) is 11.9. The zero-order chi connectivity index (χ0) is 14.7. The summed E-state index contributed by atoms with van der Waals surface area (Å²) >= 11 is 0. The summed E-state index contributed by atoms with van der Waals surface area (Å²) in [6.45, 7) is 2.42. The van der Waals surface area contributed by atoms with Crippen LogP contribution in [0.15, 0.2) is 54.7 Å². The number of hydrogen-bond acceptors (Lipinski definition) is 3. The van der Waals surface area contributed by atoms with E-state index in [-0.39, 0.29) is 6.61 Å². The molecule has 0 amide bonds. The van der Waals surface area contributed by atoms with Crippen LogP contribution in [0.1, 0.15) is 16.7 Å². The van der Waals surface area contributed by atoms with E-state index >= 15 is 0 Å². The molecule has 0 saturated heterocycles. The molecule has 3 nitrogen and oxygen atoms in total. The van der Waals surface area contributed by atoms with Crippen LogP contribution in [-0.2, 0) is 13.2 Å². The molecule has 0 aliphatic rings. The Hall–Kier alpha value is -2.39. The van der Waals surface area contributed by atoms with Crippen molar-refractivity contribution in [3.63, 3.8) is 0 Å². The first-order valence-corrected chi connectivity index (χ1v) is 6.94. The van der Waals surface area contributed by atoms with Crippen molar-refractivity contribution in [2.24, 2.45) is 0 Å². The highest BCUT2D eigenvalue weighted by Crippen LogP contribution is 2.25. The molecule has 0 spiro atoms. The van der Waals surface area contributed by atoms with Gasteiger partial charge >= 0.3 is 0 Å². The van der Waals surface area contributed by atoms with Gasteiger partial charge in [0.2, 0.25) is 0 Å². The number of aryl methyl sites for hydroxylation is 1. The Kier molecular flexibility index (Phi) is 3.84. The van der Waals surface area contributed by atoms with Crippen LogP contribution in [0.2, 0.25) is 0 Å². The SMILES string of the molecule is Cc1cccc(CO)c1OCc1ccnc2ccccc12. The van der Waals surface area contributed by atoms with Crippen molar-refractivity contribution >= 4 is 10.9 Å². The fraction of sp³-hybridized carbons (Fsp3) is 0.167. The first kappa shape index (κ1) is 13.6. The van der Waals surface area contributed by atoms with E-state index in [1.54, 1.807) is 6.20 Å². The molecule has 0 radical (unpaired) electrons. The Morgan fingerprint density at radius 2 is 1.86 bits per heavy atom. The minimum atomic E-state index is -0.0197. The Bertz CT molecular complexity index is 763. The van der Waals surface area contributed by atoms with Crippen molar-refractivity contribution < 1.29 is 9.84 Å². The summed E-state index contributed by atoms with van der Waals surface area (Å²) in [6, 6.07) is 15.8. The smallest absolute Gasteiger partial charge is 0.128 e. The third-order valence-corrected chi connectivity index (χ3v) is 3.58. The molecule has 3 rings (SSSR count). The van der Waals surface area contributed by atoms with Gasteiger partial charge in [-0.3, -0.25) is 4.98 Å². The van der Waals surface area contributed by atoms with Gasteiger partial charge in [-0.2, -0.15) is 0 Å². The second-order valence-corrected chi connectivity index (χ2v) is 5.00. The van der Waals surface area contributed by atoms with E-state index in [2.05, 4.69) is 4.98 Å². The molecule has 0 atom stereocenters. The number of pyridine rings is 1.